The molecule has 0 aromatic rings. The van der Waals surface area contributed by atoms with Crippen LogP contribution in [0.4, 0.5) is 0 Å². The lowest BCUT2D eigenvalue weighted by Crippen LogP contribution is -2.28. The molecule has 0 aliphatic carbocycles. The quantitative estimate of drug-likeness (QED) is 0.0473. The van der Waals surface area contributed by atoms with Crippen LogP contribution >= 0.6 is 0 Å². The van der Waals surface area contributed by atoms with E-state index in [1.165, 1.54) is 199 Å². The largest absolute Gasteiger partial charge is 0.480 e. The number of aliphatic carboxylic acids is 1. The Morgan fingerprint density at radius 1 is 0.393 bits per heavy atom. The predicted molar refractivity (Wildman–Crippen MR) is 240 cm³/mol. The van der Waals surface area contributed by atoms with Crippen LogP contribution in [0.1, 0.15) is 290 Å². The first-order chi connectivity index (χ1) is 27.5. The molecule has 0 aromatic heterocycles. The average Bonchev–Trinajstić information content (AvgIpc) is 3.18. The third-order valence-electron chi connectivity index (χ3n) is 11.8. The second-order valence-electron chi connectivity index (χ2n) is 17.4. The molecule has 0 radical (unpaired) electrons. The van der Waals surface area contributed by atoms with E-state index in [1.807, 2.05) is 0 Å². The molecule has 0 spiro atoms. The zero-order chi connectivity index (χ0) is 40.8. The summed E-state index contributed by atoms with van der Waals surface area (Å²) in [4.78, 5) is 35.2. The fourth-order valence-electron chi connectivity index (χ4n) is 8.05. The Hall–Kier alpha value is -1.59. The van der Waals surface area contributed by atoms with Crippen molar-refractivity contribution in [1.29, 1.82) is 0 Å². The average molecular weight is 792 g/mol. The molecular weight excluding hydrogens is 695 g/mol. The van der Waals surface area contributed by atoms with Crippen LogP contribution < -0.4 is 5.32 Å². The monoisotopic (exact) mass is 792 g/mol. The molecule has 6 heteroatoms. The summed E-state index contributed by atoms with van der Waals surface area (Å²) < 4.78 is 6.07. The van der Waals surface area contributed by atoms with Crippen LogP contribution in [0.15, 0.2) is 0 Å². The summed E-state index contributed by atoms with van der Waals surface area (Å²) in [5.74, 6) is -1.20. The molecule has 1 unspecified atom stereocenters. The van der Waals surface area contributed by atoms with Gasteiger partial charge in [-0.1, -0.05) is 239 Å². The Kier molecular flexibility index (Phi) is 44.8. The molecule has 6 nitrogen and oxygen atoms in total. The van der Waals surface area contributed by atoms with Gasteiger partial charge in [0.05, 0.1) is 0 Å². The van der Waals surface area contributed by atoms with Gasteiger partial charge in [-0.15, -0.1) is 0 Å². The number of hydrogen-bond acceptors (Lipinski definition) is 4. The van der Waals surface area contributed by atoms with Crippen LogP contribution in [0.5, 0.6) is 0 Å². The van der Waals surface area contributed by atoms with E-state index in [0.717, 1.165) is 64.2 Å². The van der Waals surface area contributed by atoms with Crippen LogP contribution in [-0.2, 0) is 19.1 Å². The lowest BCUT2D eigenvalue weighted by Gasteiger charge is -2.18. The van der Waals surface area contributed by atoms with Crippen LogP contribution in [0, 0.1) is 0 Å². The topological polar surface area (TPSA) is 92.7 Å². The van der Waals surface area contributed by atoms with Crippen molar-refractivity contribution in [2.24, 2.45) is 0 Å². The number of hydrogen-bond donors (Lipinski definition) is 2. The van der Waals surface area contributed by atoms with Crippen molar-refractivity contribution in [3.63, 3.8) is 0 Å². The minimum Gasteiger partial charge on any atom is -0.480 e. The van der Waals surface area contributed by atoms with E-state index >= 15 is 0 Å². The van der Waals surface area contributed by atoms with Crippen LogP contribution in [0.2, 0.25) is 0 Å². The number of carbonyl (C=O) groups is 3. The Balaban J connectivity index is 4.03. The van der Waals surface area contributed by atoms with Gasteiger partial charge in [0.2, 0.25) is 5.91 Å². The molecule has 0 aliphatic heterocycles. The van der Waals surface area contributed by atoms with Gasteiger partial charge in [0, 0.05) is 12.8 Å². The molecule has 0 saturated carbocycles. The zero-order valence-corrected chi connectivity index (χ0v) is 37.8. The summed E-state index contributed by atoms with van der Waals surface area (Å²) >= 11 is 0. The normalized spacial score (nSPS) is 11.9. The van der Waals surface area contributed by atoms with Crippen molar-refractivity contribution in [1.82, 2.24) is 5.32 Å². The molecule has 332 valence electrons. The number of carboxylic acids is 1. The summed E-state index contributed by atoms with van der Waals surface area (Å²) in [6.07, 6.45) is 53.9. The van der Waals surface area contributed by atoms with Gasteiger partial charge in [0.15, 0.2) is 0 Å². The number of carbonyl (C=O) groups excluding carboxylic acids is 2. The van der Waals surface area contributed by atoms with Gasteiger partial charge in [0.1, 0.15) is 12.6 Å². The van der Waals surface area contributed by atoms with Gasteiger partial charge >= 0.3 is 11.9 Å². The van der Waals surface area contributed by atoms with E-state index in [2.05, 4.69) is 19.2 Å². The smallest absolute Gasteiger partial charge is 0.322 e. The highest BCUT2D eigenvalue weighted by Crippen LogP contribution is 2.20. The molecule has 0 bridgehead atoms. The van der Waals surface area contributed by atoms with Crippen molar-refractivity contribution >= 4 is 17.8 Å². The van der Waals surface area contributed by atoms with Crippen LogP contribution in [0.25, 0.3) is 0 Å². The first-order valence-electron chi connectivity index (χ1n) is 25.2. The SMILES string of the molecule is CCCCCCCCCCCCCCCCCCCCCCC(=O)OC(CCCCCCCCCCCCCCCC)CCCCCCCC(=O)NCC(=O)O. The predicted octanol–water partition coefficient (Wildman–Crippen LogP) is 15.9. The standard InChI is InChI=1S/C50H97NO5/c1-3-5-7-9-11-13-15-17-19-20-21-22-23-24-26-28-30-32-37-41-45-50(55)56-47(43-39-35-33-36-40-44-48(52)51-46-49(53)54)42-38-34-31-29-27-25-18-16-14-12-10-8-6-4-2/h47H,3-46H2,1-2H3,(H,51,52)(H,53,54). The Morgan fingerprint density at radius 2 is 0.661 bits per heavy atom. The first kappa shape index (κ1) is 54.4. The molecule has 0 fully saturated rings. The van der Waals surface area contributed by atoms with E-state index in [-0.39, 0.29) is 24.5 Å². The molecule has 1 atom stereocenters. The van der Waals surface area contributed by atoms with Gasteiger partial charge < -0.3 is 15.2 Å². The summed E-state index contributed by atoms with van der Waals surface area (Å²) in [5.41, 5.74) is 0. The fraction of sp³-hybridized carbons (Fsp3) is 0.940. The van der Waals surface area contributed by atoms with Gasteiger partial charge in [-0.05, 0) is 38.5 Å². The van der Waals surface area contributed by atoms with Gasteiger partial charge in [-0.3, -0.25) is 14.4 Å². The molecule has 0 rings (SSSR count). The number of rotatable bonds is 47. The summed E-state index contributed by atoms with van der Waals surface area (Å²) in [5, 5.41) is 11.1. The molecule has 56 heavy (non-hydrogen) atoms. The highest BCUT2D eigenvalue weighted by atomic mass is 16.5. The number of ether oxygens (including phenoxy) is 1. The number of unbranched alkanes of at least 4 members (excludes halogenated alkanes) is 36. The van der Waals surface area contributed by atoms with Gasteiger partial charge in [0.25, 0.3) is 0 Å². The highest BCUT2D eigenvalue weighted by molar-refractivity contribution is 5.80. The van der Waals surface area contributed by atoms with Crippen LogP contribution in [0.3, 0.4) is 0 Å². The van der Waals surface area contributed by atoms with E-state index in [9.17, 15) is 14.4 Å². The minimum atomic E-state index is -1.01. The van der Waals surface area contributed by atoms with Crippen molar-refractivity contribution in [3.8, 4) is 0 Å². The molecule has 0 saturated heterocycles. The zero-order valence-electron chi connectivity index (χ0n) is 37.8. The second-order valence-corrected chi connectivity index (χ2v) is 17.4. The second kappa shape index (κ2) is 46.1. The summed E-state index contributed by atoms with van der Waals surface area (Å²) in [6.45, 7) is 4.27. The van der Waals surface area contributed by atoms with Crippen molar-refractivity contribution in [2.45, 2.75) is 296 Å². The highest BCUT2D eigenvalue weighted by Gasteiger charge is 2.14. The van der Waals surface area contributed by atoms with E-state index in [1.54, 1.807) is 0 Å². The Bertz CT molecular complexity index is 832. The maximum absolute atomic E-state index is 12.8. The molecular formula is C50H97NO5. The fourth-order valence-corrected chi connectivity index (χ4v) is 8.05. The molecule has 0 aromatic carbocycles. The molecule has 0 aliphatic rings. The van der Waals surface area contributed by atoms with E-state index in [4.69, 9.17) is 9.84 Å². The lowest BCUT2D eigenvalue weighted by atomic mass is 10.0. The lowest BCUT2D eigenvalue weighted by molar-refractivity contribution is -0.150. The molecule has 0 heterocycles. The van der Waals surface area contributed by atoms with Crippen LogP contribution in [-0.4, -0.2) is 35.6 Å². The number of nitrogens with one attached hydrogen (secondary N) is 1. The Labute approximate surface area is 349 Å². The van der Waals surface area contributed by atoms with Crippen molar-refractivity contribution in [2.75, 3.05) is 6.54 Å². The number of amides is 1. The van der Waals surface area contributed by atoms with E-state index < -0.39 is 5.97 Å². The summed E-state index contributed by atoms with van der Waals surface area (Å²) in [6, 6.07) is 0. The van der Waals surface area contributed by atoms with E-state index in [0.29, 0.717) is 12.8 Å². The maximum Gasteiger partial charge on any atom is 0.322 e. The summed E-state index contributed by atoms with van der Waals surface area (Å²) in [7, 11) is 0. The first-order valence-corrected chi connectivity index (χ1v) is 25.2. The Morgan fingerprint density at radius 3 is 0.964 bits per heavy atom. The third kappa shape index (κ3) is 45.1. The van der Waals surface area contributed by atoms with Crippen molar-refractivity contribution in [3.05, 3.63) is 0 Å². The van der Waals surface area contributed by atoms with Gasteiger partial charge in [-0.2, -0.15) is 0 Å². The molecule has 2 N–H and O–H groups in total. The third-order valence-corrected chi connectivity index (χ3v) is 11.8. The molecule has 1 amide bonds. The van der Waals surface area contributed by atoms with Gasteiger partial charge in [-0.25, -0.2) is 0 Å². The number of esters is 1. The number of carboxylic acid groups (broad SMARTS) is 1. The maximum atomic E-state index is 12.8. The minimum absolute atomic E-state index is 0.00449. The van der Waals surface area contributed by atoms with Crippen molar-refractivity contribution < 1.29 is 24.2 Å².